The maximum atomic E-state index is 12.8. The second-order valence-corrected chi connectivity index (χ2v) is 6.39. The van der Waals surface area contributed by atoms with Crippen molar-refractivity contribution < 1.29 is 23.7 Å². The highest BCUT2D eigenvalue weighted by Gasteiger charge is 2.22. The third kappa shape index (κ3) is 3.91. The maximum absolute atomic E-state index is 12.8. The molecule has 0 spiro atoms. The van der Waals surface area contributed by atoms with Crippen molar-refractivity contribution in [1.29, 1.82) is 0 Å². The highest BCUT2D eigenvalue weighted by Crippen LogP contribution is 2.36. The summed E-state index contributed by atoms with van der Waals surface area (Å²) in [6, 6.07) is 9.59. The molecule has 0 N–H and O–H groups in total. The number of hydrogen-bond donors (Lipinski definition) is 0. The molecular weight excluding hydrogens is 358 g/mol. The Kier molecular flexibility index (Phi) is 6.09. The molecule has 0 atom stereocenters. The molecule has 6 nitrogen and oxygen atoms in total. The van der Waals surface area contributed by atoms with Crippen molar-refractivity contribution in [3.63, 3.8) is 0 Å². The van der Waals surface area contributed by atoms with Crippen LogP contribution in [-0.2, 0) is 17.6 Å². The van der Waals surface area contributed by atoms with E-state index in [2.05, 4.69) is 0 Å². The number of methoxy groups -OCH3 is 4. The molecule has 2 aromatic rings. The van der Waals surface area contributed by atoms with Gasteiger partial charge >= 0.3 is 0 Å². The molecule has 0 aromatic heterocycles. The molecule has 0 radical (unpaired) electrons. The Balaban J connectivity index is 1.76. The summed E-state index contributed by atoms with van der Waals surface area (Å²) < 4.78 is 21.5. The van der Waals surface area contributed by atoms with Crippen molar-refractivity contribution in [2.45, 2.75) is 12.8 Å². The SMILES string of the molecule is COc1ccc(CCN2C=Cc3ccc(OC)c(OC)c3CC2=O)cc1OC. The van der Waals surface area contributed by atoms with Gasteiger partial charge in [-0.25, -0.2) is 0 Å². The smallest absolute Gasteiger partial charge is 0.231 e. The van der Waals surface area contributed by atoms with E-state index in [0.717, 1.165) is 16.7 Å². The molecule has 2 aromatic carbocycles. The molecule has 0 saturated carbocycles. The number of fused-ring (bicyclic) bond motifs is 1. The van der Waals surface area contributed by atoms with Gasteiger partial charge in [0.25, 0.3) is 0 Å². The molecule has 0 saturated heterocycles. The van der Waals surface area contributed by atoms with E-state index in [0.29, 0.717) is 36.0 Å². The van der Waals surface area contributed by atoms with Crippen molar-refractivity contribution in [2.24, 2.45) is 0 Å². The van der Waals surface area contributed by atoms with Gasteiger partial charge in [0.1, 0.15) is 0 Å². The Morgan fingerprint density at radius 3 is 2.29 bits per heavy atom. The molecule has 1 aliphatic rings. The summed E-state index contributed by atoms with van der Waals surface area (Å²) in [4.78, 5) is 14.6. The van der Waals surface area contributed by atoms with Crippen molar-refractivity contribution >= 4 is 12.0 Å². The van der Waals surface area contributed by atoms with Gasteiger partial charge in [-0.15, -0.1) is 0 Å². The average Bonchev–Trinajstić information content (AvgIpc) is 2.89. The van der Waals surface area contributed by atoms with Gasteiger partial charge in [-0.2, -0.15) is 0 Å². The van der Waals surface area contributed by atoms with Crippen LogP contribution in [0.3, 0.4) is 0 Å². The zero-order chi connectivity index (χ0) is 20.1. The first-order valence-electron chi connectivity index (χ1n) is 9.03. The number of nitrogens with zero attached hydrogens (tertiary/aromatic N) is 1. The highest BCUT2D eigenvalue weighted by atomic mass is 16.5. The van der Waals surface area contributed by atoms with E-state index in [1.807, 2.05) is 42.6 Å². The van der Waals surface area contributed by atoms with Crippen LogP contribution in [0.25, 0.3) is 6.08 Å². The molecule has 1 heterocycles. The van der Waals surface area contributed by atoms with E-state index in [1.165, 1.54) is 0 Å². The summed E-state index contributed by atoms with van der Waals surface area (Å²) in [6.07, 6.45) is 4.74. The summed E-state index contributed by atoms with van der Waals surface area (Å²) in [6.45, 7) is 0.568. The monoisotopic (exact) mass is 383 g/mol. The fourth-order valence-electron chi connectivity index (χ4n) is 3.34. The van der Waals surface area contributed by atoms with Crippen molar-refractivity contribution in [3.8, 4) is 23.0 Å². The first-order chi connectivity index (χ1) is 13.6. The third-order valence-electron chi connectivity index (χ3n) is 4.86. The Morgan fingerprint density at radius 2 is 1.61 bits per heavy atom. The van der Waals surface area contributed by atoms with Gasteiger partial charge in [0.15, 0.2) is 23.0 Å². The van der Waals surface area contributed by atoms with Crippen LogP contribution in [0.4, 0.5) is 0 Å². The molecule has 0 aliphatic carbocycles. The van der Waals surface area contributed by atoms with E-state index in [1.54, 1.807) is 33.3 Å². The molecule has 0 bridgehead atoms. The van der Waals surface area contributed by atoms with Crippen LogP contribution in [-0.4, -0.2) is 45.8 Å². The van der Waals surface area contributed by atoms with E-state index in [9.17, 15) is 4.79 Å². The van der Waals surface area contributed by atoms with Crippen molar-refractivity contribution in [1.82, 2.24) is 4.90 Å². The Hall–Kier alpha value is -3.15. The van der Waals surface area contributed by atoms with Gasteiger partial charge in [0.2, 0.25) is 5.91 Å². The van der Waals surface area contributed by atoms with Crippen LogP contribution < -0.4 is 18.9 Å². The standard InChI is InChI=1S/C22H25NO5/c1-25-18-7-5-15(13-20(18)27-3)9-11-23-12-10-16-6-8-19(26-2)22(28-4)17(16)14-21(23)24/h5-8,10,12-13H,9,11,14H2,1-4H3. The zero-order valence-electron chi connectivity index (χ0n) is 16.7. The van der Waals surface area contributed by atoms with Crippen molar-refractivity contribution in [3.05, 3.63) is 53.2 Å². The minimum atomic E-state index is 0.0158. The lowest BCUT2D eigenvalue weighted by atomic mass is 10.0. The van der Waals surface area contributed by atoms with Crippen molar-refractivity contribution in [2.75, 3.05) is 35.0 Å². The van der Waals surface area contributed by atoms with Gasteiger partial charge in [-0.05, 0) is 41.8 Å². The fraction of sp³-hybridized carbons (Fsp3) is 0.318. The number of carbonyl (C=O) groups is 1. The molecule has 3 rings (SSSR count). The predicted molar refractivity (Wildman–Crippen MR) is 107 cm³/mol. The van der Waals surface area contributed by atoms with Crippen LogP contribution in [0.2, 0.25) is 0 Å². The zero-order valence-corrected chi connectivity index (χ0v) is 16.7. The number of carbonyl (C=O) groups excluding carboxylic acids is 1. The van der Waals surface area contributed by atoms with Crippen LogP contribution in [0.15, 0.2) is 36.5 Å². The molecule has 6 heteroatoms. The maximum Gasteiger partial charge on any atom is 0.231 e. The number of ether oxygens (including phenoxy) is 4. The van der Waals surface area contributed by atoms with Crippen LogP contribution >= 0.6 is 0 Å². The first kappa shape index (κ1) is 19.6. The minimum Gasteiger partial charge on any atom is -0.493 e. The Labute approximate surface area is 165 Å². The van der Waals surface area contributed by atoms with E-state index < -0.39 is 0 Å². The summed E-state index contributed by atoms with van der Waals surface area (Å²) in [5.74, 6) is 2.62. The molecule has 28 heavy (non-hydrogen) atoms. The van der Waals surface area contributed by atoms with Crippen LogP contribution in [0.1, 0.15) is 16.7 Å². The lowest BCUT2D eigenvalue weighted by Crippen LogP contribution is -2.28. The Bertz CT molecular complexity index is 891. The van der Waals surface area contributed by atoms with Gasteiger partial charge < -0.3 is 23.8 Å². The molecule has 1 aliphatic heterocycles. The lowest BCUT2D eigenvalue weighted by molar-refractivity contribution is -0.127. The highest BCUT2D eigenvalue weighted by molar-refractivity contribution is 5.85. The van der Waals surface area contributed by atoms with E-state index in [4.69, 9.17) is 18.9 Å². The normalized spacial score (nSPS) is 13.0. The quantitative estimate of drug-likeness (QED) is 0.734. The average molecular weight is 383 g/mol. The predicted octanol–water partition coefficient (Wildman–Crippen LogP) is 3.32. The summed E-state index contributed by atoms with van der Waals surface area (Å²) >= 11 is 0. The molecule has 0 fully saturated rings. The van der Waals surface area contributed by atoms with E-state index in [-0.39, 0.29) is 12.3 Å². The number of benzene rings is 2. The summed E-state index contributed by atoms with van der Waals surface area (Å²) in [5.41, 5.74) is 2.87. The van der Waals surface area contributed by atoms with Crippen LogP contribution in [0, 0.1) is 0 Å². The largest absolute Gasteiger partial charge is 0.493 e. The summed E-state index contributed by atoms with van der Waals surface area (Å²) in [7, 11) is 6.40. The Morgan fingerprint density at radius 1 is 0.893 bits per heavy atom. The van der Waals surface area contributed by atoms with Crippen LogP contribution in [0.5, 0.6) is 23.0 Å². The van der Waals surface area contributed by atoms with Gasteiger partial charge in [0.05, 0.1) is 34.9 Å². The van der Waals surface area contributed by atoms with Gasteiger partial charge in [-0.1, -0.05) is 12.1 Å². The molecule has 0 unspecified atom stereocenters. The molecule has 148 valence electrons. The van der Waals surface area contributed by atoms with E-state index >= 15 is 0 Å². The summed E-state index contributed by atoms with van der Waals surface area (Å²) in [5, 5.41) is 0. The number of hydrogen-bond acceptors (Lipinski definition) is 5. The topological polar surface area (TPSA) is 57.2 Å². The second-order valence-electron chi connectivity index (χ2n) is 6.39. The number of amides is 1. The molecular formula is C22H25NO5. The third-order valence-corrected chi connectivity index (χ3v) is 4.86. The second kappa shape index (κ2) is 8.69. The molecule has 1 amide bonds. The number of rotatable bonds is 7. The van der Waals surface area contributed by atoms with Gasteiger partial charge in [0, 0.05) is 18.3 Å². The first-order valence-corrected chi connectivity index (χ1v) is 9.03. The minimum absolute atomic E-state index is 0.0158. The fourth-order valence-corrected chi connectivity index (χ4v) is 3.34. The van der Waals surface area contributed by atoms with Gasteiger partial charge in [-0.3, -0.25) is 4.79 Å². The lowest BCUT2D eigenvalue weighted by Gasteiger charge is -2.18.